The van der Waals surface area contributed by atoms with E-state index in [9.17, 15) is 0 Å². The van der Waals surface area contributed by atoms with E-state index in [4.69, 9.17) is 4.84 Å². The smallest absolute Gasteiger partial charge is 0.135 e. The van der Waals surface area contributed by atoms with Crippen LogP contribution in [-0.4, -0.2) is 42.2 Å². The van der Waals surface area contributed by atoms with Crippen LogP contribution < -0.4 is 0 Å². The van der Waals surface area contributed by atoms with E-state index in [1.165, 1.54) is 32.1 Å². The molecule has 0 aromatic carbocycles. The second-order valence-electron chi connectivity index (χ2n) is 6.37. The Hall–Kier alpha value is -0.860. The van der Waals surface area contributed by atoms with Crippen LogP contribution in [0.5, 0.6) is 0 Å². The molecule has 21 heavy (non-hydrogen) atoms. The second-order valence-corrected chi connectivity index (χ2v) is 6.37. The minimum absolute atomic E-state index is 0.305. The number of nitrogens with zero attached hydrogens (tertiary/aromatic N) is 3. The first-order valence-electron chi connectivity index (χ1n) is 8.88. The quantitative estimate of drug-likeness (QED) is 0.546. The van der Waals surface area contributed by atoms with E-state index in [0.29, 0.717) is 12.1 Å². The van der Waals surface area contributed by atoms with Crippen molar-refractivity contribution in [1.82, 2.24) is 4.90 Å². The van der Waals surface area contributed by atoms with Gasteiger partial charge < -0.3 is 9.74 Å². The van der Waals surface area contributed by atoms with Gasteiger partial charge in [0, 0.05) is 6.04 Å². The zero-order valence-corrected chi connectivity index (χ0v) is 13.8. The van der Waals surface area contributed by atoms with Gasteiger partial charge in [-0.15, -0.1) is 0 Å². The molecule has 0 bridgehead atoms. The third kappa shape index (κ3) is 5.44. The van der Waals surface area contributed by atoms with Crippen molar-refractivity contribution in [2.24, 2.45) is 10.1 Å². The minimum Gasteiger partial charge on any atom is -0.384 e. The molecule has 0 aromatic rings. The standard InChI is InChI=1S/C17H31N3O/c1-3-20(4-2)16-12-10-15(11-13-16)18-14-19-21-17-8-6-5-7-9-17/h15-17H,3-13H2,1-2H3. The van der Waals surface area contributed by atoms with Crippen LogP contribution in [0.3, 0.4) is 0 Å². The molecule has 0 aliphatic heterocycles. The van der Waals surface area contributed by atoms with Crippen LogP contribution in [0.1, 0.15) is 71.6 Å². The van der Waals surface area contributed by atoms with E-state index < -0.39 is 0 Å². The number of rotatable bonds is 6. The van der Waals surface area contributed by atoms with Crippen LogP contribution in [0.15, 0.2) is 10.1 Å². The zero-order valence-electron chi connectivity index (χ0n) is 13.8. The number of hydrogen-bond acceptors (Lipinski definition) is 4. The fraction of sp³-hybridized carbons (Fsp3) is 0.941. The van der Waals surface area contributed by atoms with Crippen LogP contribution >= 0.6 is 0 Å². The lowest BCUT2D eigenvalue weighted by Crippen LogP contribution is -2.38. The molecule has 4 nitrogen and oxygen atoms in total. The Morgan fingerprint density at radius 3 is 2.24 bits per heavy atom. The molecule has 0 unspecified atom stereocenters. The fourth-order valence-corrected chi connectivity index (χ4v) is 3.67. The molecule has 0 spiro atoms. The Morgan fingerprint density at radius 1 is 0.952 bits per heavy atom. The average molecular weight is 293 g/mol. The van der Waals surface area contributed by atoms with Crippen molar-refractivity contribution in [2.45, 2.75) is 89.8 Å². The Morgan fingerprint density at radius 2 is 1.62 bits per heavy atom. The summed E-state index contributed by atoms with van der Waals surface area (Å²) in [7, 11) is 0. The van der Waals surface area contributed by atoms with Crippen LogP contribution in [0.25, 0.3) is 0 Å². The maximum atomic E-state index is 5.48. The maximum Gasteiger partial charge on any atom is 0.135 e. The molecule has 2 saturated carbocycles. The lowest BCUT2D eigenvalue weighted by atomic mass is 9.90. The van der Waals surface area contributed by atoms with Crippen molar-refractivity contribution in [3.8, 4) is 0 Å². The minimum atomic E-state index is 0.305. The van der Waals surface area contributed by atoms with Gasteiger partial charge in [0.2, 0.25) is 0 Å². The summed E-state index contributed by atoms with van der Waals surface area (Å²) in [6, 6.07) is 3.94. The van der Waals surface area contributed by atoms with Crippen LogP contribution in [0.2, 0.25) is 0 Å². The molecular weight excluding hydrogens is 262 g/mol. The predicted molar refractivity (Wildman–Crippen MR) is 86.8 cm³/mol. The maximum absolute atomic E-state index is 5.48. The van der Waals surface area contributed by atoms with Crippen molar-refractivity contribution >= 4 is 6.01 Å². The molecule has 0 aromatic heterocycles. The molecule has 2 aliphatic carbocycles. The second kappa shape index (κ2) is 9.22. The lowest BCUT2D eigenvalue weighted by molar-refractivity contribution is 0.0341. The highest BCUT2D eigenvalue weighted by atomic mass is 16.6. The first-order valence-corrected chi connectivity index (χ1v) is 8.88. The van der Waals surface area contributed by atoms with Crippen molar-refractivity contribution < 1.29 is 4.84 Å². The van der Waals surface area contributed by atoms with Gasteiger partial charge in [0.1, 0.15) is 12.1 Å². The molecule has 0 saturated heterocycles. The third-order valence-corrected chi connectivity index (χ3v) is 5.03. The monoisotopic (exact) mass is 293 g/mol. The molecule has 2 rings (SSSR count). The molecule has 2 aliphatic rings. The SMILES string of the molecule is CCN(CC)C1CCC(N=C=NOC2CCCCC2)CC1. The summed E-state index contributed by atoms with van der Waals surface area (Å²) in [6.45, 7) is 6.82. The van der Waals surface area contributed by atoms with Gasteiger partial charge in [-0.1, -0.05) is 20.3 Å². The molecule has 120 valence electrons. The van der Waals surface area contributed by atoms with E-state index in [1.807, 2.05) is 0 Å². The van der Waals surface area contributed by atoms with Gasteiger partial charge in [0.05, 0.1) is 6.04 Å². The van der Waals surface area contributed by atoms with Gasteiger partial charge in [-0.2, -0.15) is 0 Å². The van der Waals surface area contributed by atoms with Gasteiger partial charge >= 0.3 is 0 Å². The van der Waals surface area contributed by atoms with Gasteiger partial charge in [-0.25, -0.2) is 4.99 Å². The van der Waals surface area contributed by atoms with Gasteiger partial charge in [0.25, 0.3) is 0 Å². The summed E-state index contributed by atoms with van der Waals surface area (Å²) in [5.41, 5.74) is 0. The largest absolute Gasteiger partial charge is 0.384 e. The Kier molecular flexibility index (Phi) is 7.25. The van der Waals surface area contributed by atoms with E-state index in [-0.39, 0.29) is 0 Å². The predicted octanol–water partition coefficient (Wildman–Crippen LogP) is 4.08. The molecule has 0 N–H and O–H groups in total. The highest BCUT2D eigenvalue weighted by molar-refractivity contribution is 5.40. The Labute approximate surface area is 129 Å². The highest BCUT2D eigenvalue weighted by Gasteiger charge is 2.23. The van der Waals surface area contributed by atoms with Crippen molar-refractivity contribution in [1.29, 1.82) is 0 Å². The summed E-state index contributed by atoms with van der Waals surface area (Å²) >= 11 is 0. The molecular formula is C17H31N3O. The summed E-state index contributed by atoms with van der Waals surface area (Å²) in [5.74, 6) is 0. The normalized spacial score (nSPS) is 27.2. The number of hydrogen-bond donors (Lipinski definition) is 0. The third-order valence-electron chi connectivity index (χ3n) is 5.03. The van der Waals surface area contributed by atoms with Crippen LogP contribution in [0, 0.1) is 0 Å². The van der Waals surface area contributed by atoms with Gasteiger partial charge in [-0.05, 0) is 69.6 Å². The van der Waals surface area contributed by atoms with E-state index in [1.54, 1.807) is 0 Å². The molecule has 0 atom stereocenters. The molecule has 0 amide bonds. The molecule has 2 fully saturated rings. The summed E-state index contributed by atoms with van der Waals surface area (Å²) in [5, 5.41) is 3.95. The zero-order chi connectivity index (χ0) is 14.9. The Balaban J connectivity index is 1.68. The summed E-state index contributed by atoms with van der Waals surface area (Å²) < 4.78 is 0. The van der Waals surface area contributed by atoms with Crippen molar-refractivity contribution in [3.05, 3.63) is 0 Å². The highest BCUT2D eigenvalue weighted by Crippen LogP contribution is 2.24. The van der Waals surface area contributed by atoms with E-state index >= 15 is 0 Å². The van der Waals surface area contributed by atoms with Gasteiger partial charge in [0.15, 0.2) is 0 Å². The van der Waals surface area contributed by atoms with E-state index in [2.05, 4.69) is 34.9 Å². The molecule has 0 radical (unpaired) electrons. The van der Waals surface area contributed by atoms with Gasteiger partial charge in [-0.3, -0.25) is 0 Å². The molecule has 4 heteroatoms. The lowest BCUT2D eigenvalue weighted by Gasteiger charge is -2.34. The first-order chi connectivity index (χ1) is 10.3. The number of aliphatic imine (C=N–C) groups is 1. The van der Waals surface area contributed by atoms with Crippen molar-refractivity contribution in [3.63, 3.8) is 0 Å². The molecule has 0 heterocycles. The van der Waals surface area contributed by atoms with E-state index in [0.717, 1.165) is 44.8 Å². The first kappa shape index (κ1) is 16.5. The van der Waals surface area contributed by atoms with Crippen LogP contribution in [0.4, 0.5) is 0 Å². The summed E-state index contributed by atoms with van der Waals surface area (Å²) in [6.07, 6.45) is 11.3. The fourth-order valence-electron chi connectivity index (χ4n) is 3.67. The topological polar surface area (TPSA) is 37.2 Å². The Bertz CT molecular complexity index is 334. The average Bonchev–Trinajstić information content (AvgIpc) is 2.55. The van der Waals surface area contributed by atoms with Crippen LogP contribution in [-0.2, 0) is 4.84 Å². The summed E-state index contributed by atoms with van der Waals surface area (Å²) in [4.78, 5) is 12.5. The van der Waals surface area contributed by atoms with Crippen molar-refractivity contribution in [2.75, 3.05) is 13.1 Å².